The largest absolute Gasteiger partial charge is 0.304 e. The molecule has 2 atom stereocenters. The third kappa shape index (κ3) is 3.42. The van der Waals surface area contributed by atoms with E-state index in [0.29, 0.717) is 0 Å². The van der Waals surface area contributed by atoms with Crippen LogP contribution in [0.3, 0.4) is 0 Å². The molecule has 1 nitrogen and oxygen atoms in total. The first-order valence-electron chi connectivity index (χ1n) is 6.75. The highest BCUT2D eigenvalue weighted by Gasteiger charge is 2.13. The molecule has 2 unspecified atom stereocenters. The van der Waals surface area contributed by atoms with Crippen molar-refractivity contribution >= 4 is 0 Å². The Kier molecular flexibility index (Phi) is 4.50. The number of hydrogen-bond donors (Lipinski definition) is 1. The fourth-order valence-corrected chi connectivity index (χ4v) is 2.29. The van der Waals surface area contributed by atoms with Crippen molar-refractivity contribution in [3.8, 4) is 0 Å². The average molecular weight is 275 g/mol. The van der Waals surface area contributed by atoms with Gasteiger partial charge in [0.15, 0.2) is 11.6 Å². The molecule has 0 aliphatic heterocycles. The molecule has 2 aromatic carbocycles. The number of aryl methyl sites for hydroxylation is 1. The minimum absolute atomic E-state index is 0.0550. The first-order chi connectivity index (χ1) is 9.47. The normalized spacial score (nSPS) is 14.1. The van der Waals surface area contributed by atoms with Gasteiger partial charge in [-0.25, -0.2) is 8.78 Å². The van der Waals surface area contributed by atoms with Crippen molar-refractivity contribution in [2.24, 2.45) is 0 Å². The second kappa shape index (κ2) is 6.14. The molecule has 0 saturated heterocycles. The fourth-order valence-electron chi connectivity index (χ4n) is 2.29. The average Bonchev–Trinajstić information content (AvgIpc) is 2.41. The van der Waals surface area contributed by atoms with Gasteiger partial charge >= 0.3 is 0 Å². The van der Waals surface area contributed by atoms with Crippen molar-refractivity contribution in [1.29, 1.82) is 0 Å². The van der Waals surface area contributed by atoms with Crippen LogP contribution in [-0.4, -0.2) is 0 Å². The second-order valence-corrected chi connectivity index (χ2v) is 5.20. The zero-order valence-electron chi connectivity index (χ0n) is 12.0. The van der Waals surface area contributed by atoms with Crippen LogP contribution in [0, 0.1) is 18.6 Å². The van der Waals surface area contributed by atoms with Crippen molar-refractivity contribution in [1.82, 2.24) is 5.32 Å². The maximum atomic E-state index is 13.3. The maximum absolute atomic E-state index is 13.3. The summed E-state index contributed by atoms with van der Waals surface area (Å²) in [5.74, 6) is -1.62. The van der Waals surface area contributed by atoms with Gasteiger partial charge in [0, 0.05) is 12.1 Å². The summed E-state index contributed by atoms with van der Waals surface area (Å²) in [6.07, 6.45) is 0. The van der Waals surface area contributed by atoms with Crippen LogP contribution in [0.4, 0.5) is 8.78 Å². The number of hydrogen-bond acceptors (Lipinski definition) is 1. The molecule has 0 aliphatic rings. The molecule has 0 radical (unpaired) electrons. The summed E-state index contributed by atoms with van der Waals surface area (Å²) < 4.78 is 26.2. The monoisotopic (exact) mass is 275 g/mol. The van der Waals surface area contributed by atoms with Gasteiger partial charge in [-0.2, -0.15) is 0 Å². The first-order valence-corrected chi connectivity index (χ1v) is 6.75. The van der Waals surface area contributed by atoms with Crippen molar-refractivity contribution < 1.29 is 8.78 Å². The highest BCUT2D eigenvalue weighted by molar-refractivity contribution is 5.26. The van der Waals surface area contributed by atoms with E-state index < -0.39 is 11.6 Å². The van der Waals surface area contributed by atoms with E-state index in [0.717, 1.165) is 5.56 Å². The minimum atomic E-state index is -0.812. The van der Waals surface area contributed by atoms with E-state index in [4.69, 9.17) is 0 Å². The Morgan fingerprint density at radius 3 is 2.10 bits per heavy atom. The van der Waals surface area contributed by atoms with E-state index in [2.05, 4.69) is 37.4 Å². The molecule has 2 aromatic rings. The topological polar surface area (TPSA) is 12.0 Å². The van der Waals surface area contributed by atoms with Crippen LogP contribution < -0.4 is 5.32 Å². The predicted molar refractivity (Wildman–Crippen MR) is 77.5 cm³/mol. The van der Waals surface area contributed by atoms with Crippen molar-refractivity contribution in [3.05, 3.63) is 70.8 Å². The lowest BCUT2D eigenvalue weighted by molar-refractivity contribution is 0.480. The van der Waals surface area contributed by atoms with Gasteiger partial charge in [-0.1, -0.05) is 35.9 Å². The molecular weight excluding hydrogens is 256 g/mol. The van der Waals surface area contributed by atoms with Crippen molar-refractivity contribution in [2.45, 2.75) is 32.9 Å². The third-order valence-electron chi connectivity index (χ3n) is 3.49. The van der Waals surface area contributed by atoms with Crippen molar-refractivity contribution in [3.63, 3.8) is 0 Å². The fraction of sp³-hybridized carbons (Fsp3) is 0.294. The maximum Gasteiger partial charge on any atom is 0.159 e. The standard InChI is InChI=1S/C17H19F2N/c1-11-5-4-6-14(9-11)12(2)20-13(3)15-7-8-16(18)17(19)10-15/h4-10,12-13,20H,1-3H3. The molecule has 0 saturated carbocycles. The molecule has 20 heavy (non-hydrogen) atoms. The van der Waals surface area contributed by atoms with Crippen LogP contribution in [0.15, 0.2) is 42.5 Å². The van der Waals surface area contributed by atoms with Gasteiger partial charge < -0.3 is 5.32 Å². The van der Waals surface area contributed by atoms with Crippen LogP contribution >= 0.6 is 0 Å². The molecule has 0 heterocycles. The van der Waals surface area contributed by atoms with Crippen LogP contribution in [-0.2, 0) is 0 Å². The highest BCUT2D eigenvalue weighted by atomic mass is 19.2. The molecule has 0 fully saturated rings. The van der Waals surface area contributed by atoms with Gasteiger partial charge in [0.1, 0.15) is 0 Å². The van der Waals surface area contributed by atoms with Crippen molar-refractivity contribution in [2.75, 3.05) is 0 Å². The SMILES string of the molecule is Cc1cccc(C(C)NC(C)c2ccc(F)c(F)c2)c1. The summed E-state index contributed by atoms with van der Waals surface area (Å²) in [5, 5.41) is 3.40. The van der Waals surface area contributed by atoms with E-state index in [1.54, 1.807) is 6.07 Å². The Bertz CT molecular complexity index is 595. The van der Waals surface area contributed by atoms with E-state index >= 15 is 0 Å². The Hall–Kier alpha value is -1.74. The summed E-state index contributed by atoms with van der Waals surface area (Å²) in [7, 11) is 0. The Morgan fingerprint density at radius 1 is 0.850 bits per heavy atom. The molecule has 0 amide bonds. The lowest BCUT2D eigenvalue weighted by Crippen LogP contribution is -2.22. The molecule has 0 bridgehead atoms. The van der Waals surface area contributed by atoms with E-state index in [1.165, 1.54) is 23.3 Å². The van der Waals surface area contributed by atoms with Crippen LogP contribution in [0.25, 0.3) is 0 Å². The number of rotatable bonds is 4. The molecule has 0 aromatic heterocycles. The van der Waals surface area contributed by atoms with Gasteiger partial charge in [-0.15, -0.1) is 0 Å². The van der Waals surface area contributed by atoms with Gasteiger partial charge in [-0.05, 0) is 44.0 Å². The van der Waals surface area contributed by atoms with Gasteiger partial charge in [0.2, 0.25) is 0 Å². The number of halogens is 2. The molecule has 0 spiro atoms. The van der Waals surface area contributed by atoms with Gasteiger partial charge in [0.05, 0.1) is 0 Å². The zero-order valence-corrected chi connectivity index (χ0v) is 12.0. The Balaban J connectivity index is 2.10. The molecule has 3 heteroatoms. The van der Waals surface area contributed by atoms with E-state index in [1.807, 2.05) is 13.0 Å². The summed E-state index contributed by atoms with van der Waals surface area (Å²) in [6.45, 7) is 6.05. The summed E-state index contributed by atoms with van der Waals surface area (Å²) >= 11 is 0. The predicted octanol–water partition coefficient (Wildman–Crippen LogP) is 4.69. The summed E-state index contributed by atoms with van der Waals surface area (Å²) in [6, 6.07) is 12.4. The first kappa shape index (κ1) is 14.7. The zero-order chi connectivity index (χ0) is 14.7. The Labute approximate surface area is 118 Å². The number of nitrogens with one attached hydrogen (secondary N) is 1. The van der Waals surface area contributed by atoms with Crippen LogP contribution in [0.2, 0.25) is 0 Å². The molecule has 1 N–H and O–H groups in total. The highest BCUT2D eigenvalue weighted by Crippen LogP contribution is 2.21. The van der Waals surface area contributed by atoms with Gasteiger partial charge in [0.25, 0.3) is 0 Å². The molecule has 2 rings (SSSR count). The summed E-state index contributed by atoms with van der Waals surface area (Å²) in [4.78, 5) is 0. The van der Waals surface area contributed by atoms with E-state index in [9.17, 15) is 8.78 Å². The molecular formula is C17H19F2N. The van der Waals surface area contributed by atoms with Gasteiger partial charge in [-0.3, -0.25) is 0 Å². The Morgan fingerprint density at radius 2 is 1.50 bits per heavy atom. The smallest absolute Gasteiger partial charge is 0.159 e. The second-order valence-electron chi connectivity index (χ2n) is 5.20. The summed E-state index contributed by atoms with van der Waals surface area (Å²) in [5.41, 5.74) is 3.12. The minimum Gasteiger partial charge on any atom is -0.304 e. The lowest BCUT2D eigenvalue weighted by atomic mass is 10.0. The van der Waals surface area contributed by atoms with E-state index in [-0.39, 0.29) is 12.1 Å². The number of benzene rings is 2. The van der Waals surface area contributed by atoms with Crippen LogP contribution in [0.1, 0.15) is 42.6 Å². The van der Waals surface area contributed by atoms with Crippen LogP contribution in [0.5, 0.6) is 0 Å². The molecule has 106 valence electrons. The molecule has 0 aliphatic carbocycles. The third-order valence-corrected chi connectivity index (χ3v) is 3.49. The lowest BCUT2D eigenvalue weighted by Gasteiger charge is -2.21. The quantitative estimate of drug-likeness (QED) is 0.854.